The van der Waals surface area contributed by atoms with Gasteiger partial charge in [-0.3, -0.25) is 9.59 Å². The van der Waals surface area contributed by atoms with Gasteiger partial charge in [0.05, 0.1) is 26.7 Å². The normalized spacial score (nSPS) is 13.1. The Morgan fingerprint density at radius 2 is 1.81 bits per heavy atom. The molecule has 5 nitrogen and oxygen atoms in total. The summed E-state index contributed by atoms with van der Waals surface area (Å²) in [6, 6.07) is 6.88. The molecule has 0 heterocycles. The van der Waals surface area contributed by atoms with Crippen LogP contribution in [0.25, 0.3) is 0 Å². The van der Waals surface area contributed by atoms with Crippen molar-refractivity contribution < 1.29 is 19.1 Å². The minimum atomic E-state index is -0.398. The topological polar surface area (TPSA) is 64.6 Å². The average molecular weight is 293 g/mol. The smallest absolute Gasteiger partial charge is 0.307 e. The average Bonchev–Trinajstić information content (AvgIpc) is 2.53. The van der Waals surface area contributed by atoms with Crippen LogP contribution in [0.15, 0.2) is 24.3 Å². The van der Waals surface area contributed by atoms with Gasteiger partial charge in [0.2, 0.25) is 5.91 Å². The first kappa shape index (κ1) is 17.0. The van der Waals surface area contributed by atoms with Crippen LogP contribution in [0.2, 0.25) is 0 Å². The van der Waals surface area contributed by atoms with E-state index in [2.05, 4.69) is 5.32 Å². The monoisotopic (exact) mass is 293 g/mol. The van der Waals surface area contributed by atoms with Gasteiger partial charge in [-0.25, -0.2) is 0 Å². The highest BCUT2D eigenvalue weighted by Gasteiger charge is 2.21. The number of benzene rings is 1. The van der Waals surface area contributed by atoms with Crippen LogP contribution in [0.1, 0.15) is 38.3 Å². The molecule has 1 aromatic rings. The van der Waals surface area contributed by atoms with Crippen LogP contribution >= 0.6 is 0 Å². The summed E-state index contributed by atoms with van der Waals surface area (Å²) in [6.07, 6.45) is 0.852. The van der Waals surface area contributed by atoms with Crippen LogP contribution in [0.5, 0.6) is 5.75 Å². The molecule has 21 heavy (non-hydrogen) atoms. The summed E-state index contributed by atoms with van der Waals surface area (Å²) in [7, 11) is 2.93. The number of nitrogens with one attached hydrogen (secondary N) is 1. The molecule has 1 amide bonds. The predicted molar refractivity (Wildman–Crippen MR) is 80.0 cm³/mol. The minimum Gasteiger partial charge on any atom is -0.497 e. The van der Waals surface area contributed by atoms with Gasteiger partial charge in [-0.2, -0.15) is 0 Å². The second kappa shape index (κ2) is 8.29. The van der Waals surface area contributed by atoms with E-state index < -0.39 is 6.04 Å². The van der Waals surface area contributed by atoms with Crippen LogP contribution in [0, 0.1) is 5.92 Å². The summed E-state index contributed by atoms with van der Waals surface area (Å²) < 4.78 is 9.81. The van der Waals surface area contributed by atoms with Gasteiger partial charge >= 0.3 is 5.97 Å². The summed E-state index contributed by atoms with van der Waals surface area (Å²) in [5.74, 6) is 0.203. The molecule has 1 rings (SSSR count). The van der Waals surface area contributed by atoms with Crippen molar-refractivity contribution in [1.82, 2.24) is 5.32 Å². The highest BCUT2D eigenvalue weighted by molar-refractivity contribution is 5.80. The molecular weight excluding hydrogens is 270 g/mol. The standard InChI is InChI=1S/C16H23NO4/c1-5-11(2)16(19)17-14(10-15(18)21-4)12-6-8-13(20-3)9-7-12/h6-9,11,14H,5,10H2,1-4H3,(H,17,19). The van der Waals surface area contributed by atoms with Gasteiger partial charge < -0.3 is 14.8 Å². The lowest BCUT2D eigenvalue weighted by molar-refractivity contribution is -0.141. The number of carbonyl (C=O) groups excluding carboxylic acids is 2. The van der Waals surface area contributed by atoms with Crippen molar-refractivity contribution in [3.63, 3.8) is 0 Å². The molecule has 2 atom stereocenters. The van der Waals surface area contributed by atoms with Crippen LogP contribution < -0.4 is 10.1 Å². The van der Waals surface area contributed by atoms with Crippen molar-refractivity contribution in [2.75, 3.05) is 14.2 Å². The number of rotatable bonds is 7. The lowest BCUT2D eigenvalue weighted by atomic mass is 10.0. The Bertz CT molecular complexity index is 470. The van der Waals surface area contributed by atoms with E-state index >= 15 is 0 Å². The van der Waals surface area contributed by atoms with Crippen LogP contribution in [0.4, 0.5) is 0 Å². The molecule has 0 aromatic heterocycles. The Morgan fingerprint density at radius 3 is 2.29 bits per heavy atom. The van der Waals surface area contributed by atoms with E-state index in [1.54, 1.807) is 19.2 Å². The third-order valence-electron chi connectivity index (χ3n) is 3.49. The van der Waals surface area contributed by atoms with Gasteiger partial charge in [0.25, 0.3) is 0 Å². The van der Waals surface area contributed by atoms with E-state index in [9.17, 15) is 9.59 Å². The number of amides is 1. The second-order valence-corrected chi connectivity index (χ2v) is 4.92. The number of ether oxygens (including phenoxy) is 2. The maximum atomic E-state index is 12.1. The number of hydrogen-bond acceptors (Lipinski definition) is 4. The molecule has 0 aliphatic carbocycles. The van der Waals surface area contributed by atoms with Crippen LogP contribution in [0.3, 0.4) is 0 Å². The van der Waals surface area contributed by atoms with E-state index in [0.29, 0.717) is 0 Å². The summed E-state index contributed by atoms with van der Waals surface area (Å²) in [6.45, 7) is 3.81. The number of hydrogen-bond donors (Lipinski definition) is 1. The first-order valence-electron chi connectivity index (χ1n) is 7.02. The van der Waals surface area contributed by atoms with Crippen molar-refractivity contribution >= 4 is 11.9 Å². The Morgan fingerprint density at radius 1 is 1.19 bits per heavy atom. The van der Waals surface area contributed by atoms with Crippen molar-refractivity contribution in [3.05, 3.63) is 29.8 Å². The fourth-order valence-electron chi connectivity index (χ4n) is 1.84. The molecule has 0 aliphatic rings. The first-order valence-corrected chi connectivity index (χ1v) is 7.02. The summed E-state index contributed by atoms with van der Waals surface area (Å²) in [5, 5.41) is 2.91. The molecule has 0 aliphatic heterocycles. The molecule has 0 spiro atoms. The molecule has 0 saturated carbocycles. The molecule has 1 N–H and O–H groups in total. The predicted octanol–water partition coefficient (Wildman–Crippen LogP) is 2.46. The maximum Gasteiger partial charge on any atom is 0.307 e. The van der Waals surface area contributed by atoms with Crippen LogP contribution in [-0.4, -0.2) is 26.1 Å². The molecular formula is C16H23NO4. The Balaban J connectivity index is 2.89. The molecule has 0 bridgehead atoms. The van der Waals surface area contributed by atoms with Crippen molar-refractivity contribution in [2.24, 2.45) is 5.92 Å². The van der Waals surface area contributed by atoms with E-state index in [1.165, 1.54) is 7.11 Å². The summed E-state index contributed by atoms with van der Waals surface area (Å²) >= 11 is 0. The quantitative estimate of drug-likeness (QED) is 0.784. The lowest BCUT2D eigenvalue weighted by Gasteiger charge is -2.20. The molecule has 0 saturated heterocycles. The highest BCUT2D eigenvalue weighted by atomic mass is 16.5. The van der Waals surface area contributed by atoms with Gasteiger partial charge in [-0.15, -0.1) is 0 Å². The van der Waals surface area contributed by atoms with E-state index in [1.807, 2.05) is 26.0 Å². The highest BCUT2D eigenvalue weighted by Crippen LogP contribution is 2.21. The zero-order chi connectivity index (χ0) is 15.8. The molecule has 5 heteroatoms. The van der Waals surface area contributed by atoms with Gasteiger partial charge in [0.1, 0.15) is 5.75 Å². The second-order valence-electron chi connectivity index (χ2n) is 4.92. The zero-order valence-electron chi connectivity index (χ0n) is 13.0. The lowest BCUT2D eigenvalue weighted by Crippen LogP contribution is -2.34. The Hall–Kier alpha value is -2.04. The summed E-state index contributed by atoms with van der Waals surface area (Å²) in [5.41, 5.74) is 0.845. The maximum absolute atomic E-state index is 12.1. The fourth-order valence-corrected chi connectivity index (χ4v) is 1.84. The van der Waals surface area contributed by atoms with Crippen molar-refractivity contribution in [1.29, 1.82) is 0 Å². The van der Waals surface area contributed by atoms with Gasteiger partial charge in [0, 0.05) is 5.92 Å². The van der Waals surface area contributed by atoms with Crippen molar-refractivity contribution in [3.8, 4) is 5.75 Å². The number of esters is 1. The van der Waals surface area contributed by atoms with E-state index in [-0.39, 0.29) is 24.2 Å². The third kappa shape index (κ3) is 5.10. The van der Waals surface area contributed by atoms with Gasteiger partial charge in [-0.05, 0) is 24.1 Å². The number of carbonyl (C=O) groups is 2. The molecule has 1 aromatic carbocycles. The molecule has 0 fully saturated rings. The largest absolute Gasteiger partial charge is 0.497 e. The van der Waals surface area contributed by atoms with Crippen LogP contribution in [-0.2, 0) is 14.3 Å². The third-order valence-corrected chi connectivity index (χ3v) is 3.49. The van der Waals surface area contributed by atoms with Gasteiger partial charge in [0.15, 0.2) is 0 Å². The zero-order valence-corrected chi connectivity index (χ0v) is 13.0. The molecule has 2 unspecified atom stereocenters. The number of methoxy groups -OCH3 is 2. The molecule has 116 valence electrons. The van der Waals surface area contributed by atoms with E-state index in [4.69, 9.17) is 9.47 Å². The first-order chi connectivity index (χ1) is 10.0. The fraction of sp³-hybridized carbons (Fsp3) is 0.500. The molecule has 0 radical (unpaired) electrons. The summed E-state index contributed by atoms with van der Waals surface area (Å²) in [4.78, 5) is 23.6. The van der Waals surface area contributed by atoms with E-state index in [0.717, 1.165) is 17.7 Å². The SMILES string of the molecule is CCC(C)C(=O)NC(CC(=O)OC)c1ccc(OC)cc1. The van der Waals surface area contributed by atoms with Crippen molar-refractivity contribution in [2.45, 2.75) is 32.7 Å². The Labute approximate surface area is 125 Å². The Kier molecular flexibility index (Phi) is 6.72. The van der Waals surface area contributed by atoms with Gasteiger partial charge in [-0.1, -0.05) is 26.0 Å². The minimum absolute atomic E-state index is 0.0674.